The Morgan fingerprint density at radius 3 is 2.59 bits per heavy atom. The molecule has 3 aromatic rings. The summed E-state index contributed by atoms with van der Waals surface area (Å²) in [5.74, 6) is -3.34. The van der Waals surface area contributed by atoms with Gasteiger partial charge in [0.05, 0.1) is 17.2 Å². The third-order valence-corrected chi connectivity index (χ3v) is 6.70. The summed E-state index contributed by atoms with van der Waals surface area (Å²) in [5.41, 5.74) is -1.31. The number of alkyl halides is 3. The highest BCUT2D eigenvalue weighted by molar-refractivity contribution is 5.93. The minimum absolute atomic E-state index is 0.00506. The maximum absolute atomic E-state index is 14.8. The van der Waals surface area contributed by atoms with Gasteiger partial charge in [-0.25, -0.2) is 19.3 Å². The molecule has 0 amide bonds. The number of anilines is 1. The van der Waals surface area contributed by atoms with E-state index in [1.54, 1.807) is 0 Å². The van der Waals surface area contributed by atoms with E-state index in [1.807, 2.05) is 0 Å². The van der Waals surface area contributed by atoms with Crippen LogP contribution in [0.1, 0.15) is 31.2 Å². The lowest BCUT2D eigenvalue weighted by atomic mass is 9.61. The fourth-order valence-corrected chi connectivity index (χ4v) is 5.24. The average Bonchev–Trinajstić information content (AvgIpc) is 3.19. The number of nitrogens with one attached hydrogen (secondary N) is 2. The van der Waals surface area contributed by atoms with Gasteiger partial charge in [0.25, 0.3) is 0 Å². The number of aromatic amines is 1. The summed E-state index contributed by atoms with van der Waals surface area (Å²) >= 11 is 0. The van der Waals surface area contributed by atoms with Gasteiger partial charge in [0.15, 0.2) is 11.6 Å². The number of carboxylic acids is 1. The lowest BCUT2D eigenvalue weighted by molar-refractivity contribution is -0.148. The second-order valence-electron chi connectivity index (χ2n) is 8.41. The van der Waals surface area contributed by atoms with Crippen LogP contribution < -0.4 is 5.32 Å². The van der Waals surface area contributed by atoms with Crippen molar-refractivity contribution in [3.8, 4) is 11.3 Å². The summed E-state index contributed by atoms with van der Waals surface area (Å²) < 4.78 is 56.1. The first-order valence-corrected chi connectivity index (χ1v) is 10.3. The molecule has 3 aliphatic rings. The molecule has 0 saturated heterocycles. The number of carbonyl (C=O) groups is 1. The van der Waals surface area contributed by atoms with Crippen LogP contribution in [0.3, 0.4) is 0 Å². The first kappa shape index (κ1) is 20.7. The van der Waals surface area contributed by atoms with Crippen molar-refractivity contribution in [1.82, 2.24) is 19.9 Å². The van der Waals surface area contributed by atoms with Crippen LogP contribution in [-0.2, 0) is 11.0 Å². The second-order valence-corrected chi connectivity index (χ2v) is 8.41. The van der Waals surface area contributed by atoms with E-state index in [2.05, 4.69) is 25.3 Å². The number of rotatable bonds is 4. The van der Waals surface area contributed by atoms with E-state index in [1.165, 1.54) is 18.7 Å². The van der Waals surface area contributed by atoms with Gasteiger partial charge in [-0.15, -0.1) is 0 Å². The maximum atomic E-state index is 14.8. The number of H-pyrrole nitrogens is 1. The molecule has 0 spiro atoms. The van der Waals surface area contributed by atoms with Crippen LogP contribution in [0.2, 0.25) is 0 Å². The Bertz CT molecular complexity index is 1190. The minimum atomic E-state index is -4.85. The van der Waals surface area contributed by atoms with Crippen LogP contribution in [0.5, 0.6) is 0 Å². The highest BCUT2D eigenvalue weighted by Crippen LogP contribution is 2.47. The Morgan fingerprint density at radius 1 is 1.19 bits per heavy atom. The third-order valence-electron chi connectivity index (χ3n) is 6.70. The highest BCUT2D eigenvalue weighted by Gasteiger charge is 2.48. The number of fused-ring (bicyclic) bond motifs is 4. The molecule has 3 fully saturated rings. The molecular weight excluding hydrogens is 430 g/mol. The van der Waals surface area contributed by atoms with Gasteiger partial charge in [0, 0.05) is 29.4 Å². The zero-order valence-corrected chi connectivity index (χ0v) is 16.7. The second kappa shape index (κ2) is 7.42. The van der Waals surface area contributed by atoms with Crippen LogP contribution in [0.25, 0.3) is 22.3 Å². The number of hydrogen-bond donors (Lipinski definition) is 3. The Hall–Kier alpha value is -3.24. The molecule has 32 heavy (non-hydrogen) atoms. The van der Waals surface area contributed by atoms with E-state index < -0.39 is 41.2 Å². The number of halogens is 4. The molecule has 3 N–H and O–H groups in total. The van der Waals surface area contributed by atoms with E-state index in [4.69, 9.17) is 0 Å². The van der Waals surface area contributed by atoms with Crippen molar-refractivity contribution in [3.63, 3.8) is 0 Å². The predicted octanol–water partition coefficient (Wildman–Crippen LogP) is 4.48. The topological polar surface area (TPSA) is 104 Å². The van der Waals surface area contributed by atoms with Crippen molar-refractivity contribution in [2.45, 2.75) is 37.9 Å². The Labute approximate surface area is 179 Å². The molecular formula is C21H19F4N5O2. The van der Waals surface area contributed by atoms with E-state index in [0.717, 1.165) is 25.7 Å². The van der Waals surface area contributed by atoms with Gasteiger partial charge < -0.3 is 15.4 Å². The van der Waals surface area contributed by atoms with Crippen molar-refractivity contribution in [2.75, 3.05) is 5.32 Å². The molecule has 11 heteroatoms. The SMILES string of the molecule is O=C(O)[C@H]1C2CCC(CC2)[C@@H]1Nc1nc(-c2c[nH]c3ncncc23)c(C(F)(F)F)cc1F. The highest BCUT2D eigenvalue weighted by atomic mass is 19.4. The smallest absolute Gasteiger partial charge is 0.418 e. The normalized spacial score (nSPS) is 25.2. The standard InChI is InChI=1S/C21H19F4N5O2/c22-14-5-13(21(23,24)25)17(11-7-27-18-12(11)6-26-8-28-18)30-19(14)29-16-10-3-1-9(2-4-10)15(16)20(31)32/h5-10,15-16H,1-4H2,(H,29,30)(H,31,32)(H,26,27,28)/t9?,10?,15-,16-/m0/s1. The zero-order valence-electron chi connectivity index (χ0n) is 16.7. The third kappa shape index (κ3) is 3.35. The summed E-state index contributed by atoms with van der Waals surface area (Å²) in [4.78, 5) is 26.5. The van der Waals surface area contributed by atoms with Crippen molar-refractivity contribution in [2.24, 2.45) is 17.8 Å². The van der Waals surface area contributed by atoms with Crippen molar-refractivity contribution >= 4 is 22.8 Å². The van der Waals surface area contributed by atoms with E-state index in [9.17, 15) is 27.5 Å². The van der Waals surface area contributed by atoms with Crippen LogP contribution in [0, 0.1) is 23.6 Å². The average molecular weight is 449 g/mol. The first-order chi connectivity index (χ1) is 15.2. The fraction of sp³-hybridized carbons (Fsp3) is 0.429. The molecule has 3 heterocycles. The molecule has 168 valence electrons. The lowest BCUT2D eigenvalue weighted by Gasteiger charge is -2.47. The van der Waals surface area contributed by atoms with Gasteiger partial charge in [-0.3, -0.25) is 4.79 Å². The number of carboxylic acid groups (broad SMARTS) is 1. The molecule has 0 aliphatic heterocycles. The molecule has 0 unspecified atom stereocenters. The Morgan fingerprint density at radius 2 is 1.91 bits per heavy atom. The molecule has 0 radical (unpaired) electrons. The minimum Gasteiger partial charge on any atom is -0.481 e. The summed E-state index contributed by atoms with van der Waals surface area (Å²) in [6, 6.07) is -0.192. The summed E-state index contributed by atoms with van der Waals surface area (Å²) in [6.07, 6.45) is 2.22. The van der Waals surface area contributed by atoms with Gasteiger partial charge >= 0.3 is 12.1 Å². The van der Waals surface area contributed by atoms with Crippen LogP contribution >= 0.6 is 0 Å². The van der Waals surface area contributed by atoms with Gasteiger partial charge in [-0.1, -0.05) is 0 Å². The maximum Gasteiger partial charge on any atom is 0.418 e. The van der Waals surface area contributed by atoms with Gasteiger partial charge in [-0.2, -0.15) is 13.2 Å². The van der Waals surface area contributed by atoms with Crippen LogP contribution in [-0.4, -0.2) is 37.1 Å². The number of aromatic nitrogens is 4. The number of aliphatic carboxylic acids is 1. The fourth-order valence-electron chi connectivity index (χ4n) is 5.24. The molecule has 2 atom stereocenters. The van der Waals surface area contributed by atoms with Gasteiger partial charge in [-0.05, 0) is 43.6 Å². The summed E-state index contributed by atoms with van der Waals surface area (Å²) in [7, 11) is 0. The van der Waals surface area contributed by atoms with E-state index in [-0.39, 0.29) is 23.2 Å². The molecule has 2 bridgehead atoms. The quantitative estimate of drug-likeness (QED) is 0.508. The summed E-state index contributed by atoms with van der Waals surface area (Å²) in [6.45, 7) is 0. The number of hydrogen-bond acceptors (Lipinski definition) is 5. The molecule has 3 saturated carbocycles. The molecule has 3 aliphatic carbocycles. The molecule has 6 rings (SSSR count). The van der Waals surface area contributed by atoms with Gasteiger partial charge in [0.1, 0.15) is 12.0 Å². The molecule has 3 aromatic heterocycles. The summed E-state index contributed by atoms with van der Waals surface area (Å²) in [5, 5.41) is 12.9. The van der Waals surface area contributed by atoms with Crippen molar-refractivity contribution in [1.29, 1.82) is 0 Å². The van der Waals surface area contributed by atoms with Crippen molar-refractivity contribution in [3.05, 3.63) is 36.2 Å². The lowest BCUT2D eigenvalue weighted by Crippen LogP contribution is -2.51. The first-order valence-electron chi connectivity index (χ1n) is 10.3. The van der Waals surface area contributed by atoms with Gasteiger partial charge in [0.2, 0.25) is 0 Å². The number of pyridine rings is 1. The van der Waals surface area contributed by atoms with E-state index in [0.29, 0.717) is 17.1 Å². The molecule has 0 aromatic carbocycles. The monoisotopic (exact) mass is 449 g/mol. The number of nitrogens with zero attached hydrogens (tertiary/aromatic N) is 3. The van der Waals surface area contributed by atoms with E-state index >= 15 is 0 Å². The van der Waals surface area contributed by atoms with Crippen LogP contribution in [0.4, 0.5) is 23.4 Å². The predicted molar refractivity (Wildman–Crippen MR) is 106 cm³/mol. The molecule has 7 nitrogen and oxygen atoms in total. The largest absolute Gasteiger partial charge is 0.481 e. The Balaban J connectivity index is 1.61. The van der Waals surface area contributed by atoms with Crippen molar-refractivity contribution < 1.29 is 27.5 Å². The Kier molecular flexibility index (Phi) is 4.79. The zero-order chi connectivity index (χ0) is 22.6. The van der Waals surface area contributed by atoms with Crippen LogP contribution in [0.15, 0.2) is 24.8 Å².